The lowest BCUT2D eigenvalue weighted by molar-refractivity contribution is -0.140. The van der Waals surface area contributed by atoms with Crippen molar-refractivity contribution >= 4 is 41.2 Å². The number of thioether (sulfide) groups is 1. The third kappa shape index (κ3) is 9.28. The van der Waals surface area contributed by atoms with Crippen LogP contribution in [0.1, 0.15) is 52.4 Å². The normalized spacial score (nSPS) is 17.1. The van der Waals surface area contributed by atoms with Gasteiger partial charge in [0, 0.05) is 45.9 Å². The van der Waals surface area contributed by atoms with Crippen LogP contribution in [0.2, 0.25) is 0 Å². The molecule has 0 radical (unpaired) electrons. The summed E-state index contributed by atoms with van der Waals surface area (Å²) < 4.78 is 0. The summed E-state index contributed by atoms with van der Waals surface area (Å²) in [5, 5.41) is 2.51. The van der Waals surface area contributed by atoms with E-state index in [0.717, 1.165) is 18.6 Å². The molecule has 4 amide bonds. The molecule has 2 unspecified atom stereocenters. The molecule has 0 spiro atoms. The number of nitrogens with one attached hydrogen (secondary N) is 1. The minimum atomic E-state index is -0.801. The van der Waals surface area contributed by atoms with Gasteiger partial charge in [-0.2, -0.15) is 0 Å². The summed E-state index contributed by atoms with van der Waals surface area (Å²) in [6.45, 7) is 4.75. The van der Waals surface area contributed by atoms with E-state index in [-0.39, 0.29) is 47.5 Å². The van der Waals surface area contributed by atoms with Gasteiger partial charge in [-0.05, 0) is 46.5 Å². The number of imide groups is 1. The van der Waals surface area contributed by atoms with Gasteiger partial charge in [0.25, 0.3) is 0 Å². The number of nitrogens with zero attached hydrogens (tertiary/aromatic N) is 3. The molecule has 32 heavy (non-hydrogen) atoms. The maximum absolute atomic E-state index is 12.6. The SMILES string of the molecule is CCN1C(=O)CC(SCCCCCC(=O)N(C)C(CC(C)=O)C(=O)NCCN(C)C)C1=O. The first-order chi connectivity index (χ1) is 15.1. The average Bonchev–Trinajstić information content (AvgIpc) is 2.99. The van der Waals surface area contributed by atoms with Crippen molar-refractivity contribution in [3.05, 3.63) is 0 Å². The number of likely N-dealkylation sites (tertiary alicyclic amines) is 1. The summed E-state index contributed by atoms with van der Waals surface area (Å²) in [6, 6.07) is -0.801. The molecule has 9 nitrogen and oxygen atoms in total. The first-order valence-corrected chi connectivity index (χ1v) is 12.3. The van der Waals surface area contributed by atoms with Crippen LogP contribution in [0, 0.1) is 0 Å². The summed E-state index contributed by atoms with van der Waals surface area (Å²) >= 11 is 1.50. The molecule has 0 saturated carbocycles. The summed E-state index contributed by atoms with van der Waals surface area (Å²) in [5.74, 6) is -0.0646. The lowest BCUT2D eigenvalue weighted by atomic mass is 10.1. The number of unbranched alkanes of at least 4 members (excludes halogenated alkanes) is 2. The Bertz CT molecular complexity index is 685. The standard InChI is InChI=1S/C22H38N4O5S/c1-6-26-20(29)15-18(22(26)31)32-13-9-7-8-10-19(28)25(5)17(14-16(2)27)21(30)23-11-12-24(3)4/h17-18H,6-15H2,1-5H3,(H,23,30). The van der Waals surface area contributed by atoms with Crippen molar-refractivity contribution in [3.8, 4) is 0 Å². The average molecular weight is 471 g/mol. The smallest absolute Gasteiger partial charge is 0.243 e. The molecule has 0 aliphatic carbocycles. The monoisotopic (exact) mass is 470 g/mol. The fourth-order valence-corrected chi connectivity index (χ4v) is 4.63. The number of hydrogen-bond acceptors (Lipinski definition) is 7. The zero-order valence-corrected chi connectivity index (χ0v) is 20.8. The van der Waals surface area contributed by atoms with Crippen LogP contribution < -0.4 is 5.32 Å². The van der Waals surface area contributed by atoms with Crippen LogP contribution in [0.15, 0.2) is 0 Å². The summed E-state index contributed by atoms with van der Waals surface area (Å²) in [7, 11) is 5.37. The van der Waals surface area contributed by atoms with Crippen LogP contribution in [-0.4, -0.2) is 102 Å². The van der Waals surface area contributed by atoms with Gasteiger partial charge < -0.3 is 15.1 Å². The van der Waals surface area contributed by atoms with E-state index in [0.29, 0.717) is 32.5 Å². The fourth-order valence-electron chi connectivity index (χ4n) is 3.44. The Labute approximate surface area is 195 Å². The molecule has 0 aromatic carbocycles. The maximum Gasteiger partial charge on any atom is 0.243 e. The van der Waals surface area contributed by atoms with Crippen molar-refractivity contribution in [1.82, 2.24) is 20.0 Å². The number of Topliss-reactive ketones (excluding diaryl/α,β-unsaturated/α-hetero) is 1. The second-order valence-electron chi connectivity index (χ2n) is 8.37. The van der Waals surface area contributed by atoms with E-state index in [1.54, 1.807) is 14.0 Å². The van der Waals surface area contributed by atoms with Crippen LogP contribution in [-0.2, 0) is 24.0 Å². The molecule has 1 rings (SSSR count). The van der Waals surface area contributed by atoms with Gasteiger partial charge in [-0.25, -0.2) is 0 Å². The zero-order chi connectivity index (χ0) is 24.3. The largest absolute Gasteiger partial charge is 0.353 e. The molecule has 0 aromatic heterocycles. The summed E-state index contributed by atoms with van der Waals surface area (Å²) in [4.78, 5) is 65.2. The minimum absolute atomic E-state index is 0.00437. The number of ketones is 1. The van der Waals surface area contributed by atoms with E-state index in [2.05, 4.69) is 5.32 Å². The van der Waals surface area contributed by atoms with Gasteiger partial charge in [-0.3, -0.25) is 28.9 Å². The highest BCUT2D eigenvalue weighted by atomic mass is 32.2. The number of carbonyl (C=O) groups is 5. The minimum Gasteiger partial charge on any atom is -0.353 e. The van der Waals surface area contributed by atoms with Crippen LogP contribution in [0.25, 0.3) is 0 Å². The van der Waals surface area contributed by atoms with Crippen molar-refractivity contribution in [3.63, 3.8) is 0 Å². The van der Waals surface area contributed by atoms with Gasteiger partial charge in [0.1, 0.15) is 11.8 Å². The number of carbonyl (C=O) groups excluding carboxylic acids is 5. The van der Waals surface area contributed by atoms with Crippen LogP contribution in [0.4, 0.5) is 0 Å². The molecule has 1 aliphatic rings. The second kappa shape index (κ2) is 14.3. The predicted octanol–water partition coefficient (Wildman–Crippen LogP) is 0.911. The summed E-state index contributed by atoms with van der Waals surface area (Å²) in [5.41, 5.74) is 0. The van der Waals surface area contributed by atoms with E-state index in [1.165, 1.54) is 28.5 Å². The third-order valence-electron chi connectivity index (χ3n) is 5.38. The van der Waals surface area contributed by atoms with Gasteiger partial charge >= 0.3 is 0 Å². The topological polar surface area (TPSA) is 107 Å². The third-order valence-corrected chi connectivity index (χ3v) is 6.67. The number of amides is 4. The van der Waals surface area contributed by atoms with Crippen molar-refractivity contribution in [2.45, 2.75) is 63.7 Å². The number of hydrogen-bond donors (Lipinski definition) is 1. The van der Waals surface area contributed by atoms with Gasteiger partial charge in [0.15, 0.2) is 0 Å². The molecule has 1 saturated heterocycles. The van der Waals surface area contributed by atoms with Crippen molar-refractivity contribution in [2.75, 3.05) is 46.5 Å². The molecular formula is C22H38N4O5S. The Morgan fingerprint density at radius 1 is 1.16 bits per heavy atom. The Morgan fingerprint density at radius 3 is 2.41 bits per heavy atom. The highest BCUT2D eigenvalue weighted by Gasteiger charge is 2.37. The van der Waals surface area contributed by atoms with E-state index < -0.39 is 6.04 Å². The first-order valence-electron chi connectivity index (χ1n) is 11.2. The summed E-state index contributed by atoms with van der Waals surface area (Å²) in [6.07, 6.45) is 2.88. The lowest BCUT2D eigenvalue weighted by Crippen LogP contribution is -2.49. The van der Waals surface area contributed by atoms with Gasteiger partial charge in [-0.1, -0.05) is 6.42 Å². The first kappa shape index (κ1) is 28.1. The van der Waals surface area contributed by atoms with Crippen molar-refractivity contribution < 1.29 is 24.0 Å². The van der Waals surface area contributed by atoms with E-state index in [9.17, 15) is 24.0 Å². The Kier molecular flexibility index (Phi) is 12.5. The highest BCUT2D eigenvalue weighted by Crippen LogP contribution is 2.26. The predicted molar refractivity (Wildman–Crippen MR) is 125 cm³/mol. The Hall–Kier alpha value is -1.94. The number of likely N-dealkylation sites (N-methyl/N-ethyl adjacent to an activating group) is 2. The number of rotatable bonds is 15. The van der Waals surface area contributed by atoms with E-state index in [4.69, 9.17) is 0 Å². The molecule has 2 atom stereocenters. The molecule has 10 heteroatoms. The molecule has 0 bridgehead atoms. The molecule has 1 N–H and O–H groups in total. The van der Waals surface area contributed by atoms with Crippen molar-refractivity contribution in [2.24, 2.45) is 0 Å². The van der Waals surface area contributed by atoms with Crippen LogP contribution in [0.5, 0.6) is 0 Å². The highest BCUT2D eigenvalue weighted by molar-refractivity contribution is 8.00. The quantitative estimate of drug-likeness (QED) is 0.280. The molecule has 1 heterocycles. The second-order valence-corrected chi connectivity index (χ2v) is 9.68. The Morgan fingerprint density at radius 2 is 1.84 bits per heavy atom. The zero-order valence-electron chi connectivity index (χ0n) is 20.0. The Balaban J connectivity index is 2.37. The molecule has 0 aromatic rings. The van der Waals surface area contributed by atoms with E-state index in [1.807, 2.05) is 19.0 Å². The van der Waals surface area contributed by atoms with Crippen molar-refractivity contribution in [1.29, 1.82) is 0 Å². The lowest BCUT2D eigenvalue weighted by Gasteiger charge is -2.27. The van der Waals surface area contributed by atoms with Crippen LogP contribution in [0.3, 0.4) is 0 Å². The molecule has 182 valence electrons. The molecule has 1 aliphatic heterocycles. The van der Waals surface area contributed by atoms with E-state index >= 15 is 0 Å². The van der Waals surface area contributed by atoms with Gasteiger partial charge in [0.05, 0.1) is 5.25 Å². The van der Waals surface area contributed by atoms with Crippen LogP contribution >= 0.6 is 11.8 Å². The molecular weight excluding hydrogens is 432 g/mol. The van der Waals surface area contributed by atoms with Gasteiger partial charge in [0.2, 0.25) is 23.6 Å². The maximum atomic E-state index is 12.6. The fraction of sp³-hybridized carbons (Fsp3) is 0.773. The van der Waals surface area contributed by atoms with Gasteiger partial charge in [-0.15, -0.1) is 11.8 Å². The molecule has 1 fully saturated rings.